The summed E-state index contributed by atoms with van der Waals surface area (Å²) >= 11 is 0. The maximum Gasteiger partial charge on any atom is 0.342 e. The molecule has 0 amide bonds. The Bertz CT molecular complexity index is 1150. The van der Waals surface area contributed by atoms with Crippen LogP contribution in [0.25, 0.3) is 0 Å². The number of aliphatic hydroxyl groups is 2. The average Bonchev–Trinajstić information content (AvgIpc) is 3.26. The van der Waals surface area contributed by atoms with Gasteiger partial charge in [0.25, 0.3) is 5.97 Å². The van der Waals surface area contributed by atoms with Gasteiger partial charge in [-0.3, -0.25) is 0 Å². The number of ether oxygens (including phenoxy) is 6. The lowest BCUT2D eigenvalue weighted by atomic mass is 9.45. The molecule has 1 aromatic rings. The van der Waals surface area contributed by atoms with Crippen molar-refractivity contribution < 1.29 is 43.4 Å². The third-order valence-electron chi connectivity index (χ3n) is 9.77. The van der Waals surface area contributed by atoms with E-state index in [9.17, 15) is 15.0 Å². The number of carbonyl (C=O) groups excluding carboxylic acids is 1. The van der Waals surface area contributed by atoms with Crippen molar-refractivity contribution in [2.24, 2.45) is 11.3 Å². The number of aliphatic hydroxyl groups excluding tert-OH is 2. The minimum Gasteiger partial charge on any atom is -0.495 e. The Hall–Kier alpha value is -1.91. The van der Waals surface area contributed by atoms with Crippen molar-refractivity contribution >= 4 is 5.97 Å². The zero-order valence-corrected chi connectivity index (χ0v) is 21.3. The Kier molecular flexibility index (Phi) is 4.49. The molecule has 4 heterocycles. The quantitative estimate of drug-likeness (QED) is 0.603. The Morgan fingerprint density at radius 2 is 1.71 bits per heavy atom. The summed E-state index contributed by atoms with van der Waals surface area (Å²) in [6.45, 7) is 9.78. The molecule has 35 heavy (non-hydrogen) atoms. The third kappa shape index (κ3) is 2.44. The van der Waals surface area contributed by atoms with Gasteiger partial charge in [0.05, 0.1) is 25.7 Å². The highest BCUT2D eigenvalue weighted by Gasteiger charge is 2.83. The van der Waals surface area contributed by atoms with E-state index in [1.54, 1.807) is 0 Å². The molecule has 0 radical (unpaired) electrons. The fourth-order valence-electron chi connectivity index (χ4n) is 8.26. The van der Waals surface area contributed by atoms with E-state index in [0.29, 0.717) is 23.5 Å². The van der Waals surface area contributed by atoms with Crippen LogP contribution in [0.3, 0.4) is 0 Å². The molecule has 9 heteroatoms. The highest BCUT2D eigenvalue weighted by molar-refractivity contribution is 5.98. The molecule has 1 aromatic carbocycles. The predicted molar refractivity (Wildman–Crippen MR) is 121 cm³/mol. The van der Waals surface area contributed by atoms with Crippen molar-refractivity contribution in [3.8, 4) is 11.5 Å². The summed E-state index contributed by atoms with van der Waals surface area (Å²) in [5.41, 5.74) is -1.24. The molecule has 0 aromatic heterocycles. The van der Waals surface area contributed by atoms with Gasteiger partial charge in [-0.25, -0.2) is 4.79 Å². The van der Waals surface area contributed by atoms with Gasteiger partial charge in [-0.05, 0) is 39.7 Å². The van der Waals surface area contributed by atoms with Crippen molar-refractivity contribution in [1.29, 1.82) is 0 Å². The predicted octanol–water partition coefficient (Wildman–Crippen LogP) is 2.38. The number of esters is 1. The number of cyclic esters (lactones) is 1. The van der Waals surface area contributed by atoms with Crippen LogP contribution >= 0.6 is 0 Å². The van der Waals surface area contributed by atoms with Crippen LogP contribution in [0, 0.1) is 18.3 Å². The monoisotopic (exact) mass is 490 g/mol. The molecule has 1 saturated carbocycles. The van der Waals surface area contributed by atoms with Gasteiger partial charge in [-0.2, -0.15) is 0 Å². The van der Waals surface area contributed by atoms with Gasteiger partial charge in [0.1, 0.15) is 40.5 Å². The van der Waals surface area contributed by atoms with E-state index in [2.05, 4.69) is 0 Å². The fraction of sp³-hybridized carbons (Fsp3) is 0.731. The Labute approximate surface area is 204 Å². The summed E-state index contributed by atoms with van der Waals surface area (Å²) in [5, 5.41) is 23.5. The number of fused-ring (bicyclic) bond motifs is 5. The largest absolute Gasteiger partial charge is 0.495 e. The van der Waals surface area contributed by atoms with Crippen LogP contribution in [0.2, 0.25) is 0 Å². The topological polar surface area (TPSA) is 113 Å². The second-order valence-corrected chi connectivity index (χ2v) is 11.6. The lowest BCUT2D eigenvalue weighted by molar-refractivity contribution is -0.410. The fourth-order valence-corrected chi connectivity index (χ4v) is 8.26. The number of hydrogen-bond donors (Lipinski definition) is 2. The Morgan fingerprint density at radius 3 is 2.37 bits per heavy atom. The van der Waals surface area contributed by atoms with Crippen molar-refractivity contribution in [2.45, 2.75) is 95.5 Å². The van der Waals surface area contributed by atoms with E-state index in [4.69, 9.17) is 28.4 Å². The van der Waals surface area contributed by atoms with Crippen LogP contribution in [-0.2, 0) is 32.0 Å². The molecule has 2 N–H and O–H groups in total. The minimum atomic E-state index is -1.44. The first kappa shape index (κ1) is 23.5. The summed E-state index contributed by atoms with van der Waals surface area (Å²) < 4.78 is 36.4. The van der Waals surface area contributed by atoms with Gasteiger partial charge < -0.3 is 38.6 Å². The molecule has 3 fully saturated rings. The van der Waals surface area contributed by atoms with E-state index in [-0.39, 0.29) is 25.4 Å². The van der Waals surface area contributed by atoms with Crippen molar-refractivity contribution in [3.05, 3.63) is 22.3 Å². The molecular formula is C26H34O9. The molecule has 2 saturated heterocycles. The summed E-state index contributed by atoms with van der Waals surface area (Å²) in [5.74, 6) is -1.05. The summed E-state index contributed by atoms with van der Waals surface area (Å²) in [6, 6.07) is 0. The van der Waals surface area contributed by atoms with Gasteiger partial charge in [-0.1, -0.05) is 6.92 Å². The van der Waals surface area contributed by atoms with Gasteiger partial charge in [0, 0.05) is 36.0 Å². The van der Waals surface area contributed by atoms with Crippen LogP contribution in [0.5, 0.6) is 11.5 Å². The number of rotatable bonds is 2. The first-order valence-electron chi connectivity index (χ1n) is 12.2. The van der Waals surface area contributed by atoms with E-state index < -0.39 is 46.4 Å². The van der Waals surface area contributed by atoms with Crippen LogP contribution in [0.1, 0.15) is 67.6 Å². The summed E-state index contributed by atoms with van der Waals surface area (Å²) in [7, 11) is 3.02. The Balaban J connectivity index is 1.58. The number of carbonyl (C=O) groups is 1. The van der Waals surface area contributed by atoms with Crippen LogP contribution in [-0.4, -0.2) is 65.4 Å². The highest BCUT2D eigenvalue weighted by Crippen LogP contribution is 2.70. The number of methoxy groups -OCH3 is 2. The molecule has 1 spiro atoms. The molecular weight excluding hydrogens is 456 g/mol. The van der Waals surface area contributed by atoms with Gasteiger partial charge in [-0.15, -0.1) is 0 Å². The van der Waals surface area contributed by atoms with E-state index in [1.165, 1.54) is 14.2 Å². The lowest BCUT2D eigenvalue weighted by Crippen LogP contribution is -2.80. The molecule has 192 valence electrons. The van der Waals surface area contributed by atoms with E-state index in [1.807, 2.05) is 34.6 Å². The highest BCUT2D eigenvalue weighted by atomic mass is 16.9. The van der Waals surface area contributed by atoms with Crippen LogP contribution in [0.15, 0.2) is 0 Å². The second kappa shape index (κ2) is 6.69. The molecule has 4 aliphatic heterocycles. The van der Waals surface area contributed by atoms with Crippen molar-refractivity contribution in [3.63, 3.8) is 0 Å². The Morgan fingerprint density at radius 1 is 1.00 bits per heavy atom. The van der Waals surface area contributed by atoms with Gasteiger partial charge >= 0.3 is 5.97 Å². The molecule has 9 nitrogen and oxygen atoms in total. The normalized spacial score (nSPS) is 44.5. The molecule has 7 atom stereocenters. The third-order valence-corrected chi connectivity index (χ3v) is 9.77. The summed E-state index contributed by atoms with van der Waals surface area (Å²) in [4.78, 5) is 12.6. The SMILES string of the molecule is COc1c2c(c(C)c3c1C(=O)OC3)O[C@]1(C)C[C@@H](O)[C@@]34O[C@@](OC)(C[C@H](O)[C@]3(C)[C@@H]1C2)OC4(C)C. The van der Waals surface area contributed by atoms with Gasteiger partial charge in [0.15, 0.2) is 0 Å². The van der Waals surface area contributed by atoms with Crippen molar-refractivity contribution in [2.75, 3.05) is 14.2 Å². The number of hydrogen-bond acceptors (Lipinski definition) is 9. The van der Waals surface area contributed by atoms with Crippen LogP contribution < -0.4 is 9.47 Å². The van der Waals surface area contributed by atoms with Crippen LogP contribution in [0.4, 0.5) is 0 Å². The zero-order chi connectivity index (χ0) is 25.3. The maximum absolute atomic E-state index is 12.6. The van der Waals surface area contributed by atoms with Crippen molar-refractivity contribution in [1.82, 2.24) is 0 Å². The minimum absolute atomic E-state index is 0.0873. The van der Waals surface area contributed by atoms with E-state index in [0.717, 1.165) is 16.7 Å². The van der Waals surface area contributed by atoms with E-state index >= 15 is 0 Å². The van der Waals surface area contributed by atoms with Gasteiger partial charge in [0.2, 0.25) is 0 Å². The second-order valence-electron chi connectivity index (χ2n) is 11.6. The standard InChI is InChI=1S/C26H34O9/c1-12-14-11-32-21(29)18(14)20(30-6)13-8-15-23(4,33-19(12)13)9-17(28)26-22(2,3)34-25(31-7,35-26)10-16(27)24(15,26)5/h15-17,27-28H,8-11H2,1-7H3/t15-,16+,17-,23-,24+,25-,26+/m1/s1. The molecule has 5 aliphatic rings. The zero-order valence-electron chi connectivity index (χ0n) is 21.3. The molecule has 6 rings (SSSR count). The maximum atomic E-state index is 12.6. The smallest absolute Gasteiger partial charge is 0.342 e. The average molecular weight is 491 g/mol. The lowest BCUT2D eigenvalue weighted by Gasteiger charge is -2.67. The molecule has 1 aliphatic carbocycles. The first-order chi connectivity index (χ1) is 16.3. The first-order valence-corrected chi connectivity index (χ1v) is 12.2. The molecule has 2 bridgehead atoms. The summed E-state index contributed by atoms with van der Waals surface area (Å²) in [6.07, 6.45) is -1.12. The number of benzene rings is 1. The molecule has 0 unspecified atom stereocenters.